The molecule has 88 valence electrons. The Labute approximate surface area is 98.4 Å². The normalized spacial score (nSPS) is 15.4. The van der Waals surface area contributed by atoms with Crippen LogP contribution in [0.1, 0.15) is 33.1 Å². The third-order valence-electron chi connectivity index (χ3n) is 3.16. The lowest BCUT2D eigenvalue weighted by molar-refractivity contribution is 0.571. The van der Waals surface area contributed by atoms with Crippen LogP contribution in [0, 0.1) is 5.92 Å². The fourth-order valence-electron chi connectivity index (χ4n) is 1.97. The first kappa shape index (κ1) is 11.3. The lowest BCUT2D eigenvalue weighted by atomic mass is 10.1. The van der Waals surface area contributed by atoms with E-state index in [4.69, 9.17) is 5.73 Å². The van der Waals surface area contributed by atoms with E-state index in [2.05, 4.69) is 30.9 Å². The lowest BCUT2D eigenvalue weighted by Gasteiger charge is -2.25. The molecule has 2 rings (SSSR count). The Morgan fingerprint density at radius 3 is 2.38 bits per heavy atom. The van der Waals surface area contributed by atoms with E-state index in [1.54, 1.807) is 0 Å². The summed E-state index contributed by atoms with van der Waals surface area (Å²) in [5.41, 5.74) is 7.90. The molecule has 2 nitrogen and oxygen atoms in total. The predicted molar refractivity (Wildman–Crippen MR) is 70.7 cm³/mol. The van der Waals surface area contributed by atoms with E-state index in [0.717, 1.165) is 17.6 Å². The van der Waals surface area contributed by atoms with Crippen molar-refractivity contribution in [2.75, 3.05) is 17.2 Å². The molecule has 2 N–H and O–H groups in total. The van der Waals surface area contributed by atoms with Crippen LogP contribution in [-0.4, -0.2) is 12.6 Å². The van der Waals surface area contributed by atoms with Crippen LogP contribution < -0.4 is 10.6 Å². The maximum atomic E-state index is 5.72. The van der Waals surface area contributed by atoms with Crippen molar-refractivity contribution in [1.82, 2.24) is 0 Å². The summed E-state index contributed by atoms with van der Waals surface area (Å²) in [6.45, 7) is 5.74. The van der Waals surface area contributed by atoms with E-state index in [-0.39, 0.29) is 0 Å². The third-order valence-corrected chi connectivity index (χ3v) is 3.16. The summed E-state index contributed by atoms with van der Waals surface area (Å²) in [6, 6.07) is 9.07. The minimum atomic E-state index is 0.773. The number of hydrogen-bond acceptors (Lipinski definition) is 2. The zero-order valence-electron chi connectivity index (χ0n) is 10.3. The van der Waals surface area contributed by atoms with Gasteiger partial charge in [-0.3, -0.25) is 0 Å². The topological polar surface area (TPSA) is 29.3 Å². The van der Waals surface area contributed by atoms with Crippen molar-refractivity contribution in [3.05, 3.63) is 24.3 Å². The molecule has 0 atom stereocenters. The summed E-state index contributed by atoms with van der Waals surface area (Å²) in [7, 11) is 0. The summed E-state index contributed by atoms with van der Waals surface area (Å²) >= 11 is 0. The molecule has 0 spiro atoms. The van der Waals surface area contributed by atoms with Gasteiger partial charge in [0.1, 0.15) is 0 Å². The highest BCUT2D eigenvalue weighted by Crippen LogP contribution is 2.32. The standard InChI is InChI=1S/C14H22N2/c1-11(2)9-10-16(14-7-8-14)13-5-3-12(15)4-6-13/h3-6,11,14H,7-10,15H2,1-2H3. The van der Waals surface area contributed by atoms with E-state index < -0.39 is 0 Å². The largest absolute Gasteiger partial charge is 0.399 e. The average molecular weight is 218 g/mol. The molecule has 2 heteroatoms. The summed E-state index contributed by atoms with van der Waals surface area (Å²) < 4.78 is 0. The van der Waals surface area contributed by atoms with Crippen LogP contribution in [0.15, 0.2) is 24.3 Å². The second kappa shape index (κ2) is 4.77. The van der Waals surface area contributed by atoms with Crippen LogP contribution in [0.3, 0.4) is 0 Å². The van der Waals surface area contributed by atoms with Crippen LogP contribution in [-0.2, 0) is 0 Å². The first-order valence-electron chi connectivity index (χ1n) is 6.29. The second-order valence-corrected chi connectivity index (χ2v) is 5.20. The monoisotopic (exact) mass is 218 g/mol. The van der Waals surface area contributed by atoms with Crippen LogP contribution in [0.5, 0.6) is 0 Å². The highest BCUT2D eigenvalue weighted by molar-refractivity contribution is 5.54. The number of nitrogens with zero attached hydrogens (tertiary/aromatic N) is 1. The van der Waals surface area contributed by atoms with Crippen molar-refractivity contribution in [3.8, 4) is 0 Å². The van der Waals surface area contributed by atoms with E-state index in [9.17, 15) is 0 Å². The van der Waals surface area contributed by atoms with Gasteiger partial charge in [0.25, 0.3) is 0 Å². The number of nitrogen functional groups attached to an aromatic ring is 1. The van der Waals surface area contributed by atoms with Crippen molar-refractivity contribution in [3.63, 3.8) is 0 Å². The molecule has 1 saturated carbocycles. The molecule has 0 amide bonds. The molecule has 0 aliphatic heterocycles. The van der Waals surface area contributed by atoms with Crippen molar-refractivity contribution in [1.29, 1.82) is 0 Å². The lowest BCUT2D eigenvalue weighted by Crippen LogP contribution is -2.27. The quantitative estimate of drug-likeness (QED) is 0.768. The first-order valence-corrected chi connectivity index (χ1v) is 6.29. The summed E-state index contributed by atoms with van der Waals surface area (Å²) in [5, 5.41) is 0. The Morgan fingerprint density at radius 1 is 1.25 bits per heavy atom. The summed E-state index contributed by atoms with van der Waals surface area (Å²) in [4.78, 5) is 2.54. The fourth-order valence-corrected chi connectivity index (χ4v) is 1.97. The zero-order chi connectivity index (χ0) is 11.5. The molecule has 0 unspecified atom stereocenters. The Kier molecular flexibility index (Phi) is 3.37. The Bertz CT molecular complexity index is 325. The molecule has 1 aliphatic carbocycles. The minimum Gasteiger partial charge on any atom is -0.399 e. The highest BCUT2D eigenvalue weighted by Gasteiger charge is 2.28. The van der Waals surface area contributed by atoms with Crippen LogP contribution >= 0.6 is 0 Å². The van der Waals surface area contributed by atoms with E-state index in [1.807, 2.05) is 12.1 Å². The summed E-state index contributed by atoms with van der Waals surface area (Å²) in [5.74, 6) is 0.773. The molecule has 1 aromatic carbocycles. The first-order chi connectivity index (χ1) is 7.66. The molecule has 0 radical (unpaired) electrons. The molecule has 0 aromatic heterocycles. The molecule has 0 saturated heterocycles. The van der Waals surface area contributed by atoms with Crippen molar-refractivity contribution >= 4 is 11.4 Å². The zero-order valence-corrected chi connectivity index (χ0v) is 10.3. The Balaban J connectivity index is 2.03. The molecule has 16 heavy (non-hydrogen) atoms. The minimum absolute atomic E-state index is 0.773. The smallest absolute Gasteiger partial charge is 0.0370 e. The molecule has 1 aromatic rings. The van der Waals surface area contributed by atoms with Crippen LogP contribution in [0.25, 0.3) is 0 Å². The van der Waals surface area contributed by atoms with Gasteiger partial charge in [-0.25, -0.2) is 0 Å². The van der Waals surface area contributed by atoms with Gasteiger partial charge >= 0.3 is 0 Å². The second-order valence-electron chi connectivity index (χ2n) is 5.20. The van der Waals surface area contributed by atoms with Crippen molar-refractivity contribution in [2.24, 2.45) is 5.92 Å². The number of hydrogen-bond donors (Lipinski definition) is 1. The van der Waals surface area contributed by atoms with Crippen molar-refractivity contribution in [2.45, 2.75) is 39.2 Å². The number of nitrogens with two attached hydrogens (primary N) is 1. The van der Waals surface area contributed by atoms with Gasteiger partial charge in [0.2, 0.25) is 0 Å². The van der Waals surface area contributed by atoms with E-state index in [1.165, 1.54) is 31.5 Å². The van der Waals surface area contributed by atoms with Gasteiger partial charge in [-0.05, 0) is 49.4 Å². The molecule has 1 fully saturated rings. The van der Waals surface area contributed by atoms with Gasteiger partial charge in [0, 0.05) is 24.0 Å². The average Bonchev–Trinajstić information content (AvgIpc) is 3.04. The highest BCUT2D eigenvalue weighted by atomic mass is 15.2. The van der Waals surface area contributed by atoms with Gasteiger partial charge in [-0.2, -0.15) is 0 Å². The maximum absolute atomic E-state index is 5.72. The predicted octanol–water partition coefficient (Wildman–Crippen LogP) is 3.28. The summed E-state index contributed by atoms with van der Waals surface area (Å²) in [6.07, 6.45) is 3.96. The van der Waals surface area contributed by atoms with Crippen molar-refractivity contribution < 1.29 is 0 Å². The SMILES string of the molecule is CC(C)CCN(c1ccc(N)cc1)C1CC1. The maximum Gasteiger partial charge on any atom is 0.0370 e. The molecule has 1 aliphatic rings. The number of benzene rings is 1. The third kappa shape index (κ3) is 2.91. The van der Waals surface area contributed by atoms with E-state index >= 15 is 0 Å². The molecule has 0 heterocycles. The van der Waals surface area contributed by atoms with Crippen LogP contribution in [0.2, 0.25) is 0 Å². The van der Waals surface area contributed by atoms with Crippen LogP contribution in [0.4, 0.5) is 11.4 Å². The number of anilines is 2. The van der Waals surface area contributed by atoms with E-state index in [0.29, 0.717) is 0 Å². The Hall–Kier alpha value is -1.18. The van der Waals surface area contributed by atoms with Gasteiger partial charge in [0.05, 0.1) is 0 Å². The molecular weight excluding hydrogens is 196 g/mol. The van der Waals surface area contributed by atoms with Gasteiger partial charge in [-0.15, -0.1) is 0 Å². The molecular formula is C14H22N2. The van der Waals surface area contributed by atoms with Gasteiger partial charge in [-0.1, -0.05) is 13.8 Å². The molecule has 0 bridgehead atoms. The fraction of sp³-hybridized carbons (Fsp3) is 0.571. The number of rotatable bonds is 5. The van der Waals surface area contributed by atoms with Gasteiger partial charge < -0.3 is 10.6 Å². The Morgan fingerprint density at radius 2 is 1.88 bits per heavy atom. The van der Waals surface area contributed by atoms with Gasteiger partial charge in [0.15, 0.2) is 0 Å².